The van der Waals surface area contributed by atoms with Crippen molar-refractivity contribution in [3.8, 4) is 0 Å². The van der Waals surface area contributed by atoms with Crippen LogP contribution in [0.15, 0.2) is 24.3 Å². The Morgan fingerprint density at radius 1 is 1.18 bits per heavy atom. The summed E-state index contributed by atoms with van der Waals surface area (Å²) in [5.41, 5.74) is 0.891. The Hall–Kier alpha value is -2.61. The third-order valence-corrected chi connectivity index (χ3v) is 5.98. The van der Waals surface area contributed by atoms with Crippen molar-refractivity contribution < 1.29 is 24.2 Å². The van der Waals surface area contributed by atoms with E-state index in [2.05, 4.69) is 17.6 Å². The number of rotatable bonds is 11. The number of alkyl carbamates (subject to hydrolysis) is 1. The van der Waals surface area contributed by atoms with Crippen molar-refractivity contribution in [1.29, 1.82) is 0 Å². The first-order chi connectivity index (χ1) is 16.1. The molecule has 1 fully saturated rings. The standard InChI is InChI=1S/C26H41N3O5/c1-6-7-10-16-27-23(31)22(20-15-9-8-12-18(20)2)29(19-13-11-14-19)24(32)21(17-30)28-25(33)34-26(3,4)5/h8-9,12,15,19,21-22,30H,6-7,10-11,13-14,16-17H2,1-5H3,(H,27,31)(H,28,33). The minimum atomic E-state index is -1.21. The van der Waals surface area contributed by atoms with Crippen LogP contribution in [0.1, 0.15) is 83.4 Å². The molecule has 1 aromatic carbocycles. The molecule has 2 atom stereocenters. The van der Waals surface area contributed by atoms with Crippen LogP contribution < -0.4 is 10.6 Å². The van der Waals surface area contributed by atoms with Crippen molar-refractivity contribution in [3.63, 3.8) is 0 Å². The molecule has 1 saturated carbocycles. The first-order valence-corrected chi connectivity index (χ1v) is 12.3. The Morgan fingerprint density at radius 3 is 2.38 bits per heavy atom. The lowest BCUT2D eigenvalue weighted by molar-refractivity contribution is -0.148. The van der Waals surface area contributed by atoms with Crippen molar-refractivity contribution in [3.05, 3.63) is 35.4 Å². The van der Waals surface area contributed by atoms with Crippen LogP contribution in [0.5, 0.6) is 0 Å². The molecule has 0 aromatic heterocycles. The molecule has 1 aliphatic carbocycles. The van der Waals surface area contributed by atoms with Gasteiger partial charge in [0.1, 0.15) is 17.7 Å². The van der Waals surface area contributed by atoms with Crippen LogP contribution in [0, 0.1) is 6.92 Å². The third kappa shape index (κ3) is 7.72. The SMILES string of the molecule is CCCCCNC(=O)C(c1ccccc1C)N(C(=O)C(CO)NC(=O)OC(C)(C)C)C1CCC1. The van der Waals surface area contributed by atoms with Gasteiger partial charge in [0.2, 0.25) is 11.8 Å². The van der Waals surface area contributed by atoms with Gasteiger partial charge in [-0.3, -0.25) is 9.59 Å². The lowest BCUT2D eigenvalue weighted by Crippen LogP contribution is -2.58. The van der Waals surface area contributed by atoms with Gasteiger partial charge in [0.05, 0.1) is 6.61 Å². The van der Waals surface area contributed by atoms with Gasteiger partial charge in [-0.2, -0.15) is 0 Å². The van der Waals surface area contributed by atoms with Crippen LogP contribution in [0.25, 0.3) is 0 Å². The first kappa shape index (κ1) is 27.6. The van der Waals surface area contributed by atoms with Gasteiger partial charge in [0.15, 0.2) is 0 Å². The number of nitrogens with zero attached hydrogens (tertiary/aromatic N) is 1. The average Bonchev–Trinajstić information content (AvgIpc) is 2.72. The molecule has 2 unspecified atom stereocenters. The predicted octanol–water partition coefficient (Wildman–Crippen LogP) is 3.61. The van der Waals surface area contributed by atoms with Gasteiger partial charge < -0.3 is 25.4 Å². The van der Waals surface area contributed by atoms with Gasteiger partial charge in [-0.1, -0.05) is 44.0 Å². The summed E-state index contributed by atoms with van der Waals surface area (Å²) in [4.78, 5) is 41.1. The van der Waals surface area contributed by atoms with E-state index in [9.17, 15) is 19.5 Å². The Balaban J connectivity index is 2.37. The summed E-state index contributed by atoms with van der Waals surface area (Å²) >= 11 is 0. The second-order valence-electron chi connectivity index (χ2n) is 9.97. The number of carbonyl (C=O) groups is 3. The minimum absolute atomic E-state index is 0.145. The monoisotopic (exact) mass is 475 g/mol. The molecule has 34 heavy (non-hydrogen) atoms. The van der Waals surface area contributed by atoms with Crippen LogP contribution in [-0.2, 0) is 14.3 Å². The topological polar surface area (TPSA) is 108 Å². The smallest absolute Gasteiger partial charge is 0.408 e. The summed E-state index contributed by atoms with van der Waals surface area (Å²) in [6.45, 7) is 9.11. The van der Waals surface area contributed by atoms with E-state index in [-0.39, 0.29) is 11.9 Å². The Kier molecular flexibility index (Phi) is 10.4. The minimum Gasteiger partial charge on any atom is -0.444 e. The highest BCUT2D eigenvalue weighted by Crippen LogP contribution is 2.34. The Bertz CT molecular complexity index is 832. The predicted molar refractivity (Wildman–Crippen MR) is 131 cm³/mol. The van der Waals surface area contributed by atoms with Crippen molar-refractivity contribution in [2.45, 2.75) is 96.9 Å². The van der Waals surface area contributed by atoms with Gasteiger partial charge in [-0.15, -0.1) is 0 Å². The number of benzene rings is 1. The fourth-order valence-electron chi connectivity index (χ4n) is 3.99. The first-order valence-electron chi connectivity index (χ1n) is 12.3. The van der Waals surface area contributed by atoms with E-state index in [1.165, 1.54) is 0 Å². The van der Waals surface area contributed by atoms with E-state index in [4.69, 9.17) is 4.74 Å². The zero-order valence-corrected chi connectivity index (χ0v) is 21.2. The van der Waals surface area contributed by atoms with Crippen LogP contribution in [0.4, 0.5) is 4.79 Å². The number of aliphatic hydroxyl groups excluding tert-OH is 1. The largest absolute Gasteiger partial charge is 0.444 e. The van der Waals surface area contributed by atoms with E-state index in [0.29, 0.717) is 6.54 Å². The van der Waals surface area contributed by atoms with Gasteiger partial charge in [0.25, 0.3) is 0 Å². The molecule has 1 aromatic rings. The van der Waals surface area contributed by atoms with Crippen LogP contribution >= 0.6 is 0 Å². The van der Waals surface area contributed by atoms with Gasteiger partial charge in [-0.05, 0) is 64.5 Å². The fraction of sp³-hybridized carbons (Fsp3) is 0.654. The molecule has 0 heterocycles. The van der Waals surface area contributed by atoms with Crippen LogP contribution in [0.2, 0.25) is 0 Å². The number of amides is 3. The maximum atomic E-state index is 13.7. The molecule has 0 aliphatic heterocycles. The lowest BCUT2D eigenvalue weighted by Gasteiger charge is -2.43. The molecular weight excluding hydrogens is 434 g/mol. The average molecular weight is 476 g/mol. The Labute approximate surface area is 203 Å². The lowest BCUT2D eigenvalue weighted by atomic mass is 9.87. The van der Waals surface area contributed by atoms with Gasteiger partial charge in [0, 0.05) is 12.6 Å². The number of ether oxygens (including phenoxy) is 1. The summed E-state index contributed by atoms with van der Waals surface area (Å²) < 4.78 is 5.28. The maximum Gasteiger partial charge on any atom is 0.408 e. The molecule has 1 aliphatic rings. The molecule has 3 N–H and O–H groups in total. The molecule has 8 nitrogen and oxygen atoms in total. The third-order valence-electron chi connectivity index (χ3n) is 5.98. The number of hydrogen-bond donors (Lipinski definition) is 3. The molecule has 0 spiro atoms. The molecule has 3 amide bonds. The highest BCUT2D eigenvalue weighted by atomic mass is 16.6. The number of aliphatic hydroxyl groups is 1. The summed E-state index contributed by atoms with van der Waals surface area (Å²) in [6.07, 6.45) is 4.61. The van der Waals surface area contributed by atoms with E-state index in [0.717, 1.165) is 49.7 Å². The van der Waals surface area contributed by atoms with E-state index >= 15 is 0 Å². The number of hydrogen-bond acceptors (Lipinski definition) is 5. The highest BCUT2D eigenvalue weighted by Gasteiger charge is 2.42. The van der Waals surface area contributed by atoms with Gasteiger partial charge in [-0.25, -0.2) is 4.79 Å². The second-order valence-corrected chi connectivity index (χ2v) is 9.97. The fourth-order valence-corrected chi connectivity index (χ4v) is 3.99. The van der Waals surface area contributed by atoms with Crippen molar-refractivity contribution in [2.75, 3.05) is 13.2 Å². The number of nitrogens with one attached hydrogen (secondary N) is 2. The molecule has 190 valence electrons. The van der Waals surface area contributed by atoms with E-state index < -0.39 is 36.3 Å². The van der Waals surface area contributed by atoms with E-state index in [1.807, 2.05) is 31.2 Å². The van der Waals surface area contributed by atoms with Crippen molar-refractivity contribution >= 4 is 17.9 Å². The second kappa shape index (κ2) is 12.7. The maximum absolute atomic E-state index is 13.7. The molecular formula is C26H41N3O5. The van der Waals surface area contributed by atoms with Crippen molar-refractivity contribution in [1.82, 2.24) is 15.5 Å². The number of carbonyl (C=O) groups excluding carboxylic acids is 3. The Morgan fingerprint density at radius 2 is 1.85 bits per heavy atom. The van der Waals surface area contributed by atoms with Gasteiger partial charge >= 0.3 is 6.09 Å². The molecule has 2 rings (SSSR count). The van der Waals surface area contributed by atoms with Crippen LogP contribution in [0.3, 0.4) is 0 Å². The number of aryl methyl sites for hydroxylation is 1. The molecule has 8 heteroatoms. The number of unbranched alkanes of at least 4 members (excludes halogenated alkanes) is 2. The van der Waals surface area contributed by atoms with Crippen molar-refractivity contribution in [2.24, 2.45) is 0 Å². The molecule has 0 radical (unpaired) electrons. The zero-order chi connectivity index (χ0) is 25.3. The molecule has 0 bridgehead atoms. The summed E-state index contributed by atoms with van der Waals surface area (Å²) in [5.74, 6) is -0.741. The summed E-state index contributed by atoms with van der Waals surface area (Å²) in [7, 11) is 0. The summed E-state index contributed by atoms with van der Waals surface area (Å²) in [5, 5.41) is 15.5. The zero-order valence-electron chi connectivity index (χ0n) is 21.2. The van der Waals surface area contributed by atoms with E-state index in [1.54, 1.807) is 25.7 Å². The van der Waals surface area contributed by atoms with Crippen LogP contribution in [-0.4, -0.2) is 58.8 Å². The normalized spacial score (nSPS) is 15.6. The quantitative estimate of drug-likeness (QED) is 0.424. The molecule has 0 saturated heterocycles. The highest BCUT2D eigenvalue weighted by molar-refractivity contribution is 5.92. The summed E-state index contributed by atoms with van der Waals surface area (Å²) in [6, 6.07) is 5.31.